The number of likely N-dealkylation sites (tertiary alicyclic amines) is 1. The van der Waals surface area contributed by atoms with Crippen LogP contribution in [0.15, 0.2) is 17.5 Å². The largest absolute Gasteiger partial charge is 0.353 e. The van der Waals surface area contributed by atoms with E-state index in [9.17, 15) is 9.18 Å². The van der Waals surface area contributed by atoms with Gasteiger partial charge in [-0.15, -0.1) is 11.3 Å². The summed E-state index contributed by atoms with van der Waals surface area (Å²) in [5.74, 6) is 0.189. The van der Waals surface area contributed by atoms with Crippen molar-refractivity contribution in [2.45, 2.75) is 37.9 Å². The van der Waals surface area contributed by atoms with Gasteiger partial charge in [-0.25, -0.2) is 4.39 Å². The lowest BCUT2D eigenvalue weighted by molar-refractivity contribution is -0.136. The first kappa shape index (κ1) is 14.0. The SMILES string of the molecule is O=C(NCC1CC1)C1(F)CCCN(Cc2cccs2)C1. The van der Waals surface area contributed by atoms with Crippen molar-refractivity contribution in [2.24, 2.45) is 5.92 Å². The lowest BCUT2D eigenvalue weighted by atomic mass is 9.93. The molecular formula is C15H21FN2OS. The third-order valence-corrected chi connectivity index (χ3v) is 5.00. The number of nitrogens with one attached hydrogen (secondary N) is 1. The quantitative estimate of drug-likeness (QED) is 0.906. The number of alkyl halides is 1. The standard InChI is InChI=1S/C15H21FN2OS/c16-15(14(19)17-9-12-4-5-12)6-2-7-18(11-15)10-13-3-1-8-20-13/h1,3,8,12H,2,4-7,9-11H2,(H,17,19). The minimum absolute atomic E-state index is 0.224. The molecule has 1 amide bonds. The lowest BCUT2D eigenvalue weighted by Crippen LogP contribution is -2.54. The van der Waals surface area contributed by atoms with Crippen molar-refractivity contribution in [2.75, 3.05) is 19.6 Å². The van der Waals surface area contributed by atoms with Crippen LogP contribution in [0.25, 0.3) is 0 Å². The van der Waals surface area contributed by atoms with Gasteiger partial charge in [0, 0.05) is 24.5 Å². The predicted molar refractivity (Wildman–Crippen MR) is 78.4 cm³/mol. The summed E-state index contributed by atoms with van der Waals surface area (Å²) in [7, 11) is 0. The molecule has 1 aliphatic carbocycles. The Balaban J connectivity index is 1.55. The van der Waals surface area contributed by atoms with Crippen LogP contribution in [0.1, 0.15) is 30.6 Å². The molecule has 20 heavy (non-hydrogen) atoms. The van der Waals surface area contributed by atoms with Crippen LogP contribution in [0.3, 0.4) is 0 Å². The Labute approximate surface area is 123 Å². The van der Waals surface area contributed by atoms with E-state index in [1.807, 2.05) is 11.4 Å². The summed E-state index contributed by atoms with van der Waals surface area (Å²) in [5, 5.41) is 4.83. The third kappa shape index (κ3) is 3.38. The fourth-order valence-corrected chi connectivity index (χ4v) is 3.50. The maximum Gasteiger partial charge on any atom is 0.259 e. The van der Waals surface area contributed by atoms with E-state index in [-0.39, 0.29) is 6.54 Å². The molecule has 1 saturated heterocycles. The van der Waals surface area contributed by atoms with E-state index in [4.69, 9.17) is 0 Å². The van der Waals surface area contributed by atoms with Gasteiger partial charge in [-0.2, -0.15) is 0 Å². The molecule has 1 unspecified atom stereocenters. The monoisotopic (exact) mass is 296 g/mol. The normalized spacial score (nSPS) is 27.4. The number of amides is 1. The van der Waals surface area contributed by atoms with E-state index in [0.29, 0.717) is 18.9 Å². The Bertz CT molecular complexity index is 460. The summed E-state index contributed by atoms with van der Waals surface area (Å²) in [6.45, 7) is 2.50. The zero-order valence-electron chi connectivity index (χ0n) is 11.6. The highest BCUT2D eigenvalue weighted by molar-refractivity contribution is 7.09. The molecule has 0 radical (unpaired) electrons. The average molecular weight is 296 g/mol. The molecule has 1 N–H and O–H groups in total. The number of halogens is 1. The summed E-state index contributed by atoms with van der Waals surface area (Å²) in [5.41, 5.74) is -1.70. The molecule has 1 aromatic heterocycles. The Kier molecular flexibility index (Phi) is 4.08. The van der Waals surface area contributed by atoms with Crippen LogP contribution in [-0.2, 0) is 11.3 Å². The molecular weight excluding hydrogens is 275 g/mol. The van der Waals surface area contributed by atoms with Crippen molar-refractivity contribution in [3.8, 4) is 0 Å². The smallest absolute Gasteiger partial charge is 0.259 e. The van der Waals surface area contributed by atoms with Crippen LogP contribution in [0.5, 0.6) is 0 Å². The van der Waals surface area contributed by atoms with E-state index in [0.717, 1.165) is 19.5 Å². The minimum atomic E-state index is -1.70. The first-order chi connectivity index (χ1) is 9.66. The average Bonchev–Trinajstić information content (AvgIpc) is 3.13. The Morgan fingerprint density at radius 3 is 3.10 bits per heavy atom. The van der Waals surface area contributed by atoms with Gasteiger partial charge < -0.3 is 5.32 Å². The molecule has 2 heterocycles. The van der Waals surface area contributed by atoms with E-state index >= 15 is 0 Å². The molecule has 2 aliphatic rings. The van der Waals surface area contributed by atoms with Crippen molar-refractivity contribution in [3.05, 3.63) is 22.4 Å². The van der Waals surface area contributed by atoms with Gasteiger partial charge in [0.2, 0.25) is 5.67 Å². The number of piperidine rings is 1. The summed E-state index contributed by atoms with van der Waals surface area (Å²) in [6.07, 6.45) is 3.44. The van der Waals surface area contributed by atoms with Crippen LogP contribution < -0.4 is 5.32 Å². The molecule has 3 nitrogen and oxygen atoms in total. The van der Waals surface area contributed by atoms with Gasteiger partial charge in [0.25, 0.3) is 5.91 Å². The fourth-order valence-electron chi connectivity index (χ4n) is 2.76. The topological polar surface area (TPSA) is 32.3 Å². The maximum atomic E-state index is 14.9. The molecule has 1 aromatic rings. The van der Waals surface area contributed by atoms with Gasteiger partial charge in [-0.1, -0.05) is 6.07 Å². The maximum absolute atomic E-state index is 14.9. The number of hydrogen-bond donors (Lipinski definition) is 1. The van der Waals surface area contributed by atoms with Crippen LogP contribution >= 0.6 is 11.3 Å². The highest BCUT2D eigenvalue weighted by Crippen LogP contribution is 2.30. The first-order valence-electron chi connectivity index (χ1n) is 7.38. The van der Waals surface area contributed by atoms with Crippen molar-refractivity contribution in [1.82, 2.24) is 10.2 Å². The van der Waals surface area contributed by atoms with Gasteiger partial charge in [-0.05, 0) is 49.6 Å². The van der Waals surface area contributed by atoms with Gasteiger partial charge in [0.1, 0.15) is 0 Å². The summed E-state index contributed by atoms with van der Waals surface area (Å²) >= 11 is 1.68. The zero-order valence-corrected chi connectivity index (χ0v) is 12.4. The predicted octanol–water partition coefficient (Wildman–Crippen LogP) is 2.58. The number of rotatable bonds is 5. The second-order valence-electron chi connectivity index (χ2n) is 6.01. The van der Waals surface area contributed by atoms with Crippen molar-refractivity contribution in [3.63, 3.8) is 0 Å². The molecule has 1 saturated carbocycles. The summed E-state index contributed by atoms with van der Waals surface area (Å²) in [6, 6.07) is 4.07. The molecule has 110 valence electrons. The molecule has 0 aromatic carbocycles. The van der Waals surface area contributed by atoms with Gasteiger partial charge in [0.05, 0.1) is 0 Å². The van der Waals surface area contributed by atoms with E-state index < -0.39 is 11.6 Å². The molecule has 1 atom stereocenters. The van der Waals surface area contributed by atoms with Gasteiger partial charge in [-0.3, -0.25) is 9.69 Å². The van der Waals surface area contributed by atoms with Crippen molar-refractivity contribution in [1.29, 1.82) is 0 Å². The zero-order chi connectivity index (χ0) is 14.0. The number of carbonyl (C=O) groups excluding carboxylic acids is 1. The summed E-state index contributed by atoms with van der Waals surface area (Å²) < 4.78 is 14.9. The number of nitrogens with zero attached hydrogens (tertiary/aromatic N) is 1. The van der Waals surface area contributed by atoms with Gasteiger partial charge >= 0.3 is 0 Å². The van der Waals surface area contributed by atoms with Crippen LogP contribution in [0, 0.1) is 5.92 Å². The Hall–Kier alpha value is -0.940. The highest BCUT2D eigenvalue weighted by atomic mass is 32.1. The Morgan fingerprint density at radius 2 is 2.40 bits per heavy atom. The van der Waals surface area contributed by atoms with E-state index in [1.54, 1.807) is 11.3 Å². The Morgan fingerprint density at radius 1 is 1.55 bits per heavy atom. The fraction of sp³-hybridized carbons (Fsp3) is 0.667. The number of thiophene rings is 1. The number of hydrogen-bond acceptors (Lipinski definition) is 3. The van der Waals surface area contributed by atoms with E-state index in [1.165, 1.54) is 17.7 Å². The third-order valence-electron chi connectivity index (χ3n) is 4.14. The highest BCUT2D eigenvalue weighted by Gasteiger charge is 2.42. The molecule has 2 fully saturated rings. The minimum Gasteiger partial charge on any atom is -0.353 e. The van der Waals surface area contributed by atoms with Crippen LogP contribution in [0.4, 0.5) is 4.39 Å². The first-order valence-corrected chi connectivity index (χ1v) is 8.26. The molecule has 0 bridgehead atoms. The van der Waals surface area contributed by atoms with Crippen molar-refractivity contribution >= 4 is 17.2 Å². The van der Waals surface area contributed by atoms with Crippen LogP contribution in [0.2, 0.25) is 0 Å². The molecule has 5 heteroatoms. The lowest BCUT2D eigenvalue weighted by Gasteiger charge is -2.36. The molecule has 3 rings (SSSR count). The second kappa shape index (κ2) is 5.82. The number of carbonyl (C=O) groups is 1. The van der Waals surface area contributed by atoms with E-state index in [2.05, 4.69) is 16.3 Å². The molecule has 0 spiro atoms. The van der Waals surface area contributed by atoms with Crippen molar-refractivity contribution < 1.29 is 9.18 Å². The second-order valence-corrected chi connectivity index (χ2v) is 7.04. The van der Waals surface area contributed by atoms with Crippen LogP contribution in [-0.4, -0.2) is 36.1 Å². The molecule has 1 aliphatic heterocycles. The van der Waals surface area contributed by atoms with Gasteiger partial charge in [0.15, 0.2) is 0 Å². The summed E-state index contributed by atoms with van der Waals surface area (Å²) in [4.78, 5) is 15.4.